The summed E-state index contributed by atoms with van der Waals surface area (Å²) >= 11 is 0. The number of Topliss-reactive ketones (excluding diaryl/α,β-unsaturated/α-hetero) is 1. The molecule has 2 unspecified atom stereocenters. The Morgan fingerprint density at radius 1 is 0.833 bits per heavy atom. The van der Waals surface area contributed by atoms with Crippen molar-refractivity contribution in [2.24, 2.45) is 0 Å². The average molecular weight is 408 g/mol. The van der Waals surface area contributed by atoms with Crippen molar-refractivity contribution >= 4 is 5.78 Å². The number of ketones is 1. The van der Waals surface area contributed by atoms with E-state index in [1.54, 1.807) is 67.8 Å². The highest BCUT2D eigenvalue weighted by Crippen LogP contribution is 2.58. The molecule has 3 N–H and O–H groups in total. The van der Waals surface area contributed by atoms with Crippen LogP contribution >= 0.6 is 0 Å². The number of aliphatic hydroxyl groups is 2. The molecule has 0 saturated carbocycles. The minimum atomic E-state index is -2.13. The van der Waals surface area contributed by atoms with Crippen LogP contribution in [0.1, 0.15) is 21.5 Å². The van der Waals surface area contributed by atoms with Crippen molar-refractivity contribution in [3.8, 4) is 23.0 Å². The van der Waals surface area contributed by atoms with Gasteiger partial charge in [0.05, 0.1) is 14.2 Å². The van der Waals surface area contributed by atoms with Crippen LogP contribution in [0.25, 0.3) is 0 Å². The number of ether oxygens (including phenoxy) is 3. The van der Waals surface area contributed by atoms with Crippen molar-refractivity contribution in [1.29, 1.82) is 0 Å². The molecule has 7 heteroatoms. The second-order valence-electron chi connectivity index (χ2n) is 6.89. The molecule has 154 valence electrons. The maximum Gasteiger partial charge on any atom is 0.276 e. The lowest BCUT2D eigenvalue weighted by molar-refractivity contribution is -0.224. The SMILES string of the molecule is COc1ccc2c(c1)OC1(O)c3ccccc3C(=O)C21O.COc1cccc(O)c1. The van der Waals surface area contributed by atoms with Crippen molar-refractivity contribution in [1.82, 2.24) is 0 Å². The molecule has 0 fully saturated rings. The van der Waals surface area contributed by atoms with Crippen molar-refractivity contribution in [2.75, 3.05) is 14.2 Å². The Kier molecular flexibility index (Phi) is 4.64. The minimum absolute atomic E-state index is 0.231. The van der Waals surface area contributed by atoms with Gasteiger partial charge < -0.3 is 29.5 Å². The topological polar surface area (TPSA) is 105 Å². The number of hydrogen-bond donors (Lipinski definition) is 3. The van der Waals surface area contributed by atoms with Gasteiger partial charge in [-0.3, -0.25) is 4.79 Å². The Labute approximate surface area is 172 Å². The summed E-state index contributed by atoms with van der Waals surface area (Å²) in [4.78, 5) is 12.6. The zero-order chi connectivity index (χ0) is 21.5. The Morgan fingerprint density at radius 3 is 2.20 bits per heavy atom. The maximum absolute atomic E-state index is 12.6. The van der Waals surface area contributed by atoms with E-state index in [1.807, 2.05) is 0 Å². The summed E-state index contributed by atoms with van der Waals surface area (Å²) in [5.74, 6) is -1.01. The summed E-state index contributed by atoms with van der Waals surface area (Å²) in [5, 5.41) is 30.7. The fraction of sp³-hybridized carbons (Fsp3) is 0.174. The van der Waals surface area contributed by atoms with Crippen LogP contribution in [0.2, 0.25) is 0 Å². The van der Waals surface area contributed by atoms with Crippen LogP contribution in [0.5, 0.6) is 23.0 Å². The molecule has 3 aromatic carbocycles. The number of rotatable bonds is 2. The van der Waals surface area contributed by atoms with Gasteiger partial charge in [-0.1, -0.05) is 30.3 Å². The predicted octanol–water partition coefficient (Wildman–Crippen LogP) is 2.72. The molecule has 0 amide bonds. The van der Waals surface area contributed by atoms with E-state index < -0.39 is 17.2 Å². The first kappa shape index (κ1) is 19.8. The Balaban J connectivity index is 0.000000204. The lowest BCUT2D eigenvalue weighted by Gasteiger charge is -2.28. The lowest BCUT2D eigenvalue weighted by atomic mass is 9.87. The average Bonchev–Trinajstić information content (AvgIpc) is 3.10. The van der Waals surface area contributed by atoms with Gasteiger partial charge in [0.2, 0.25) is 11.4 Å². The van der Waals surface area contributed by atoms with E-state index in [0.717, 1.165) is 0 Å². The Bertz CT molecular complexity index is 1130. The fourth-order valence-corrected chi connectivity index (χ4v) is 3.74. The summed E-state index contributed by atoms with van der Waals surface area (Å²) < 4.78 is 15.5. The molecule has 1 aliphatic heterocycles. The van der Waals surface area contributed by atoms with E-state index >= 15 is 0 Å². The van der Waals surface area contributed by atoms with Gasteiger partial charge in [-0.15, -0.1) is 0 Å². The fourth-order valence-electron chi connectivity index (χ4n) is 3.74. The lowest BCUT2D eigenvalue weighted by Crippen LogP contribution is -2.48. The van der Waals surface area contributed by atoms with Crippen LogP contribution < -0.4 is 14.2 Å². The number of methoxy groups -OCH3 is 2. The monoisotopic (exact) mass is 408 g/mol. The van der Waals surface area contributed by atoms with Crippen LogP contribution in [0.15, 0.2) is 66.7 Å². The first-order valence-electron chi connectivity index (χ1n) is 9.14. The molecule has 0 spiro atoms. The molecule has 0 bridgehead atoms. The van der Waals surface area contributed by atoms with Crippen LogP contribution in [-0.2, 0) is 11.4 Å². The number of phenols is 1. The van der Waals surface area contributed by atoms with Crippen molar-refractivity contribution < 1.29 is 34.3 Å². The highest BCUT2D eigenvalue weighted by molar-refractivity contribution is 6.09. The van der Waals surface area contributed by atoms with Gasteiger partial charge >= 0.3 is 0 Å². The highest BCUT2D eigenvalue weighted by atomic mass is 16.7. The molecule has 30 heavy (non-hydrogen) atoms. The van der Waals surface area contributed by atoms with E-state index in [2.05, 4.69) is 0 Å². The first-order valence-corrected chi connectivity index (χ1v) is 9.14. The largest absolute Gasteiger partial charge is 0.508 e. The Morgan fingerprint density at radius 2 is 1.53 bits per heavy atom. The highest BCUT2D eigenvalue weighted by Gasteiger charge is 2.70. The summed E-state index contributed by atoms with van der Waals surface area (Å²) in [5.41, 5.74) is -1.35. The second kappa shape index (κ2) is 7.05. The van der Waals surface area contributed by atoms with Gasteiger partial charge in [0.15, 0.2) is 0 Å². The van der Waals surface area contributed by atoms with Crippen LogP contribution in [0, 0.1) is 0 Å². The molecule has 2 atom stereocenters. The third kappa shape index (κ3) is 2.71. The number of hydrogen-bond acceptors (Lipinski definition) is 7. The normalized spacial score (nSPS) is 22.7. The Hall–Kier alpha value is -3.55. The van der Waals surface area contributed by atoms with Crippen LogP contribution in [0.3, 0.4) is 0 Å². The van der Waals surface area contributed by atoms with Gasteiger partial charge in [-0.2, -0.15) is 0 Å². The number of aromatic hydroxyl groups is 1. The standard InChI is InChI=1S/C16H12O5.C7H8O2/c1-20-9-6-7-12-13(8-9)21-16(19)11-5-3-2-4-10(11)14(17)15(12,16)18;1-9-7-4-2-3-6(8)5-7/h2-8,18-19H,1H3;2-5,8H,1H3. The molecule has 2 aliphatic rings. The molecular weight excluding hydrogens is 388 g/mol. The molecule has 0 aromatic heterocycles. The summed E-state index contributed by atoms with van der Waals surface area (Å²) in [6, 6.07) is 17.9. The van der Waals surface area contributed by atoms with Crippen molar-refractivity contribution in [2.45, 2.75) is 11.4 Å². The molecule has 5 rings (SSSR count). The van der Waals surface area contributed by atoms with Gasteiger partial charge in [-0.05, 0) is 24.3 Å². The third-order valence-corrected chi connectivity index (χ3v) is 5.25. The number of fused-ring (bicyclic) bond motifs is 5. The van der Waals surface area contributed by atoms with E-state index in [9.17, 15) is 15.0 Å². The second-order valence-corrected chi connectivity index (χ2v) is 6.89. The smallest absolute Gasteiger partial charge is 0.276 e. The minimum Gasteiger partial charge on any atom is -0.508 e. The van der Waals surface area contributed by atoms with E-state index in [0.29, 0.717) is 11.5 Å². The molecule has 7 nitrogen and oxygen atoms in total. The van der Waals surface area contributed by atoms with Gasteiger partial charge in [0, 0.05) is 28.8 Å². The predicted molar refractivity (Wildman–Crippen MR) is 107 cm³/mol. The van der Waals surface area contributed by atoms with Crippen molar-refractivity contribution in [3.63, 3.8) is 0 Å². The molecule has 3 aromatic rings. The first-order chi connectivity index (χ1) is 14.3. The van der Waals surface area contributed by atoms with Gasteiger partial charge in [-0.25, -0.2) is 0 Å². The summed E-state index contributed by atoms with van der Waals surface area (Å²) in [6.07, 6.45) is 0. The molecule has 1 heterocycles. The van der Waals surface area contributed by atoms with E-state index in [4.69, 9.17) is 19.3 Å². The van der Waals surface area contributed by atoms with Crippen LogP contribution in [0.4, 0.5) is 0 Å². The summed E-state index contributed by atoms with van der Waals surface area (Å²) in [7, 11) is 3.07. The molecular formula is C23H20O7. The third-order valence-electron chi connectivity index (χ3n) is 5.25. The molecule has 0 saturated heterocycles. The quantitative estimate of drug-likeness (QED) is 0.599. The molecule has 0 radical (unpaired) electrons. The van der Waals surface area contributed by atoms with E-state index in [1.165, 1.54) is 13.2 Å². The zero-order valence-corrected chi connectivity index (χ0v) is 16.3. The van der Waals surface area contributed by atoms with Gasteiger partial charge in [0.1, 0.15) is 23.0 Å². The number of carbonyl (C=O) groups excluding carboxylic acids is 1. The maximum atomic E-state index is 12.6. The number of carbonyl (C=O) groups is 1. The van der Waals surface area contributed by atoms with Gasteiger partial charge in [0.25, 0.3) is 5.79 Å². The summed E-state index contributed by atoms with van der Waals surface area (Å²) in [6.45, 7) is 0. The van der Waals surface area contributed by atoms with Crippen molar-refractivity contribution in [3.05, 3.63) is 83.4 Å². The van der Waals surface area contributed by atoms with Crippen LogP contribution in [-0.4, -0.2) is 35.3 Å². The molecule has 1 aliphatic carbocycles. The zero-order valence-electron chi connectivity index (χ0n) is 16.3. The number of phenolic OH excluding ortho intramolecular Hbond substituents is 1. The van der Waals surface area contributed by atoms with E-state index in [-0.39, 0.29) is 28.2 Å². The number of benzene rings is 3.